The Morgan fingerprint density at radius 1 is 1.44 bits per heavy atom. The molecule has 0 atom stereocenters. The summed E-state index contributed by atoms with van der Waals surface area (Å²) in [6, 6.07) is 1.40. The van der Waals surface area contributed by atoms with Gasteiger partial charge < -0.3 is 4.57 Å². The predicted octanol–water partition coefficient (Wildman–Crippen LogP) is 0.535. The van der Waals surface area contributed by atoms with E-state index in [0.717, 1.165) is 5.01 Å². The largest absolute Gasteiger partial charge is 0.331 e. The summed E-state index contributed by atoms with van der Waals surface area (Å²) in [5.41, 5.74) is -0.574. The van der Waals surface area contributed by atoms with Crippen LogP contribution in [-0.2, 0) is 13.1 Å². The molecule has 16 heavy (non-hydrogen) atoms. The van der Waals surface area contributed by atoms with Crippen LogP contribution in [0.1, 0.15) is 11.9 Å². The highest BCUT2D eigenvalue weighted by Crippen LogP contribution is 2.03. The molecule has 2 rings (SSSR count). The second-order valence-corrected chi connectivity index (χ2v) is 4.21. The number of rotatable bonds is 3. The van der Waals surface area contributed by atoms with Gasteiger partial charge in [0.05, 0.1) is 6.54 Å². The van der Waals surface area contributed by atoms with Crippen molar-refractivity contribution in [3.63, 3.8) is 0 Å². The third-order valence-corrected chi connectivity index (χ3v) is 3.02. The molecule has 0 fully saturated rings. The summed E-state index contributed by atoms with van der Waals surface area (Å²) in [7, 11) is 0. The Hall–Kier alpha value is -1.69. The zero-order valence-corrected chi connectivity index (χ0v) is 9.61. The van der Waals surface area contributed by atoms with E-state index in [1.807, 2.05) is 12.3 Å². The number of thiazole rings is 1. The molecule has 0 aliphatic rings. The normalized spacial score (nSPS) is 10.6. The minimum Gasteiger partial charge on any atom is -0.301 e. The molecule has 2 aromatic rings. The minimum absolute atomic E-state index is 0.246. The van der Waals surface area contributed by atoms with Crippen molar-refractivity contribution in [2.75, 3.05) is 0 Å². The maximum atomic E-state index is 11.8. The van der Waals surface area contributed by atoms with Crippen LogP contribution in [0.15, 0.2) is 33.4 Å². The first-order valence-electron chi connectivity index (χ1n) is 4.91. The summed E-state index contributed by atoms with van der Waals surface area (Å²) in [4.78, 5) is 27.5. The topological polar surface area (TPSA) is 56.9 Å². The van der Waals surface area contributed by atoms with Crippen molar-refractivity contribution in [2.45, 2.75) is 20.0 Å². The fraction of sp³-hybridized carbons (Fsp3) is 0.300. The number of aromatic nitrogens is 3. The molecule has 0 bridgehead atoms. The van der Waals surface area contributed by atoms with Gasteiger partial charge in [-0.05, 0) is 6.92 Å². The van der Waals surface area contributed by atoms with E-state index >= 15 is 0 Å². The number of aryl methyl sites for hydroxylation is 1. The Morgan fingerprint density at radius 2 is 2.25 bits per heavy atom. The summed E-state index contributed by atoms with van der Waals surface area (Å²) in [6.45, 7) is 2.66. The lowest BCUT2D eigenvalue weighted by molar-refractivity contribution is 0.599. The Morgan fingerprint density at radius 3 is 2.88 bits per heavy atom. The van der Waals surface area contributed by atoms with E-state index in [9.17, 15) is 9.59 Å². The summed E-state index contributed by atoms with van der Waals surface area (Å²) in [6.07, 6.45) is 3.18. The van der Waals surface area contributed by atoms with E-state index < -0.39 is 0 Å². The molecule has 84 valence electrons. The zero-order valence-electron chi connectivity index (χ0n) is 8.79. The van der Waals surface area contributed by atoms with Crippen molar-refractivity contribution in [2.24, 2.45) is 0 Å². The Kier molecular flexibility index (Phi) is 3.00. The van der Waals surface area contributed by atoms with Crippen LogP contribution in [-0.4, -0.2) is 14.1 Å². The second-order valence-electron chi connectivity index (χ2n) is 3.23. The molecular formula is C10H11N3O2S. The van der Waals surface area contributed by atoms with E-state index in [4.69, 9.17) is 0 Å². The molecule has 0 amide bonds. The quantitative estimate of drug-likeness (QED) is 0.782. The van der Waals surface area contributed by atoms with Crippen LogP contribution in [0.25, 0.3) is 0 Å². The van der Waals surface area contributed by atoms with E-state index in [2.05, 4.69) is 4.98 Å². The Labute approximate surface area is 95.6 Å². The van der Waals surface area contributed by atoms with Crippen LogP contribution in [0.4, 0.5) is 0 Å². The molecule has 0 spiro atoms. The SMILES string of the molecule is CCn1ccc(=O)n(Cc2nccs2)c1=O. The lowest BCUT2D eigenvalue weighted by atomic mass is 10.5. The van der Waals surface area contributed by atoms with Gasteiger partial charge in [0.1, 0.15) is 5.01 Å². The summed E-state index contributed by atoms with van der Waals surface area (Å²) in [5, 5.41) is 2.58. The molecule has 0 saturated carbocycles. The maximum Gasteiger partial charge on any atom is 0.331 e. The monoisotopic (exact) mass is 237 g/mol. The summed E-state index contributed by atoms with van der Waals surface area (Å²) >= 11 is 1.43. The van der Waals surface area contributed by atoms with Crippen molar-refractivity contribution in [1.29, 1.82) is 0 Å². The van der Waals surface area contributed by atoms with Crippen molar-refractivity contribution >= 4 is 11.3 Å². The molecular weight excluding hydrogens is 226 g/mol. The summed E-state index contributed by atoms with van der Waals surface area (Å²) in [5.74, 6) is 0. The van der Waals surface area contributed by atoms with Gasteiger partial charge in [0.2, 0.25) is 0 Å². The van der Waals surface area contributed by atoms with E-state index in [-0.39, 0.29) is 17.8 Å². The predicted molar refractivity (Wildman–Crippen MR) is 61.9 cm³/mol. The van der Waals surface area contributed by atoms with Gasteiger partial charge in [-0.3, -0.25) is 9.36 Å². The Balaban J connectivity index is 2.48. The van der Waals surface area contributed by atoms with E-state index in [1.54, 1.807) is 6.20 Å². The molecule has 2 aromatic heterocycles. The average molecular weight is 237 g/mol. The van der Waals surface area contributed by atoms with E-state index in [1.165, 1.54) is 32.7 Å². The minimum atomic E-state index is -0.287. The van der Waals surface area contributed by atoms with Gasteiger partial charge in [-0.2, -0.15) is 0 Å². The fourth-order valence-electron chi connectivity index (χ4n) is 1.41. The van der Waals surface area contributed by atoms with Crippen LogP contribution in [0.3, 0.4) is 0 Å². The van der Waals surface area contributed by atoms with Crippen molar-refractivity contribution in [1.82, 2.24) is 14.1 Å². The highest BCUT2D eigenvalue weighted by atomic mass is 32.1. The maximum absolute atomic E-state index is 11.8. The molecule has 0 aromatic carbocycles. The van der Waals surface area contributed by atoms with Crippen LogP contribution in [0, 0.1) is 0 Å². The Bertz CT molecular complexity index is 583. The second kappa shape index (κ2) is 4.44. The van der Waals surface area contributed by atoms with Crippen molar-refractivity contribution in [3.8, 4) is 0 Å². The molecule has 0 N–H and O–H groups in total. The van der Waals surface area contributed by atoms with Crippen molar-refractivity contribution < 1.29 is 0 Å². The highest BCUT2D eigenvalue weighted by molar-refractivity contribution is 7.09. The average Bonchev–Trinajstić information content (AvgIpc) is 2.77. The number of nitrogens with zero attached hydrogens (tertiary/aromatic N) is 3. The van der Waals surface area contributed by atoms with Crippen LogP contribution >= 0.6 is 11.3 Å². The lowest BCUT2D eigenvalue weighted by Gasteiger charge is -2.05. The van der Waals surface area contributed by atoms with Gasteiger partial charge in [-0.15, -0.1) is 11.3 Å². The smallest absolute Gasteiger partial charge is 0.301 e. The van der Waals surface area contributed by atoms with Gasteiger partial charge in [0, 0.05) is 30.4 Å². The van der Waals surface area contributed by atoms with Crippen LogP contribution in [0.2, 0.25) is 0 Å². The molecule has 0 aliphatic heterocycles. The first kappa shape index (κ1) is 10.8. The van der Waals surface area contributed by atoms with E-state index in [0.29, 0.717) is 6.54 Å². The van der Waals surface area contributed by atoms with Crippen LogP contribution < -0.4 is 11.2 Å². The summed E-state index contributed by atoms with van der Waals surface area (Å²) < 4.78 is 2.69. The van der Waals surface area contributed by atoms with Gasteiger partial charge in [0.15, 0.2) is 0 Å². The molecule has 0 saturated heterocycles. The third-order valence-electron chi connectivity index (χ3n) is 2.26. The third kappa shape index (κ3) is 1.96. The van der Waals surface area contributed by atoms with Gasteiger partial charge in [-0.1, -0.05) is 0 Å². The van der Waals surface area contributed by atoms with Crippen molar-refractivity contribution in [3.05, 3.63) is 49.7 Å². The highest BCUT2D eigenvalue weighted by Gasteiger charge is 2.06. The first-order chi connectivity index (χ1) is 7.72. The van der Waals surface area contributed by atoms with Gasteiger partial charge >= 0.3 is 5.69 Å². The molecule has 2 heterocycles. The van der Waals surface area contributed by atoms with Gasteiger partial charge in [0.25, 0.3) is 5.56 Å². The lowest BCUT2D eigenvalue weighted by Crippen LogP contribution is -2.38. The fourth-order valence-corrected chi connectivity index (χ4v) is 2.01. The molecule has 0 unspecified atom stereocenters. The number of hydrogen-bond acceptors (Lipinski definition) is 4. The number of hydrogen-bond donors (Lipinski definition) is 0. The van der Waals surface area contributed by atoms with Gasteiger partial charge in [-0.25, -0.2) is 9.78 Å². The molecule has 0 aliphatic carbocycles. The zero-order chi connectivity index (χ0) is 11.5. The molecule has 0 radical (unpaired) electrons. The molecule has 5 nitrogen and oxygen atoms in total. The standard InChI is InChI=1S/C10H11N3O2S/c1-2-12-5-3-9(14)13(10(12)15)7-8-11-4-6-16-8/h3-6H,2,7H2,1H3. The first-order valence-corrected chi connectivity index (χ1v) is 5.79. The van der Waals surface area contributed by atoms with Crippen LogP contribution in [0.5, 0.6) is 0 Å². The molecule has 6 heteroatoms.